The highest BCUT2D eigenvalue weighted by Crippen LogP contribution is 2.52. The van der Waals surface area contributed by atoms with Gasteiger partial charge in [0.1, 0.15) is 11.5 Å². The summed E-state index contributed by atoms with van der Waals surface area (Å²) in [6.45, 7) is -0.589. The highest BCUT2D eigenvalue weighted by molar-refractivity contribution is 7.48. The monoisotopic (exact) mass is 645 g/mol. The van der Waals surface area contributed by atoms with Gasteiger partial charge in [-0.1, -0.05) is 23.2 Å². The second-order valence-corrected chi connectivity index (χ2v) is 12.7. The number of nitrogens with two attached hydrogens (primary N) is 1. The van der Waals surface area contributed by atoms with Crippen LogP contribution >= 0.6 is 38.8 Å². The Kier molecular flexibility index (Phi) is 8.47. The van der Waals surface area contributed by atoms with E-state index in [1.54, 1.807) is 4.57 Å². The van der Waals surface area contributed by atoms with Gasteiger partial charge in [0, 0.05) is 22.0 Å². The molecule has 5 rings (SSSR count). The fourth-order valence-corrected chi connectivity index (χ4v) is 6.28. The van der Waals surface area contributed by atoms with Crippen LogP contribution in [0.15, 0.2) is 59.7 Å². The number of phosphoric ester groups is 2. The third-order valence-electron chi connectivity index (χ3n) is 6.40. The molecule has 2 heterocycles. The molecule has 2 aromatic carbocycles. The number of benzene rings is 2. The van der Waals surface area contributed by atoms with Gasteiger partial charge in [-0.05, 0) is 60.9 Å². The molecule has 1 fully saturated rings. The highest BCUT2D eigenvalue weighted by Gasteiger charge is 2.46. The zero-order chi connectivity index (χ0) is 29.4. The highest BCUT2D eigenvalue weighted by atomic mass is 35.5. The number of anilines is 1. The summed E-state index contributed by atoms with van der Waals surface area (Å²) in [7, 11) is -9.14. The lowest BCUT2D eigenvalue weighted by Crippen LogP contribution is -2.43. The number of aromatic nitrogens is 4. The number of nitrogen functional groups attached to an aromatic ring is 1. The maximum absolute atomic E-state index is 12.7. The topological polar surface area (TPSA) is 201 Å². The Bertz CT molecular complexity index is 1700. The number of phosphoric acid groups is 2. The molecule has 2 aromatic heterocycles. The first-order chi connectivity index (χ1) is 19.4. The van der Waals surface area contributed by atoms with E-state index in [4.69, 9.17) is 47.0 Å². The molecule has 0 amide bonds. The van der Waals surface area contributed by atoms with Crippen molar-refractivity contribution in [3.63, 3.8) is 0 Å². The Morgan fingerprint density at radius 2 is 1.49 bits per heavy atom. The van der Waals surface area contributed by atoms with Crippen LogP contribution in [0.25, 0.3) is 11.2 Å². The number of fused-ring (bicyclic) bond motifs is 1. The van der Waals surface area contributed by atoms with E-state index >= 15 is 0 Å². The van der Waals surface area contributed by atoms with Gasteiger partial charge in [0.25, 0.3) is 5.56 Å². The van der Waals surface area contributed by atoms with Crippen molar-refractivity contribution in [2.45, 2.75) is 12.5 Å². The van der Waals surface area contributed by atoms with Gasteiger partial charge in [0.15, 0.2) is 11.2 Å². The van der Waals surface area contributed by atoms with Gasteiger partial charge in [-0.15, -0.1) is 0 Å². The molecule has 1 aliphatic rings. The number of nitrogens with one attached hydrogen (secondary N) is 1. The number of H-pyrrole nitrogens is 1. The molecule has 4 aromatic rings. The van der Waals surface area contributed by atoms with Crippen LogP contribution in [-0.2, 0) is 18.2 Å². The summed E-state index contributed by atoms with van der Waals surface area (Å²) in [4.78, 5) is 43.5. The van der Waals surface area contributed by atoms with Gasteiger partial charge in [0.2, 0.25) is 5.95 Å². The molecule has 0 bridgehead atoms. The smallest absolute Gasteiger partial charge is 0.404 e. The van der Waals surface area contributed by atoms with Gasteiger partial charge in [-0.2, -0.15) is 4.98 Å². The molecule has 5 N–H and O–H groups in total. The van der Waals surface area contributed by atoms with Gasteiger partial charge in [-0.3, -0.25) is 28.6 Å². The fourth-order valence-electron chi connectivity index (χ4n) is 4.40. The molecule has 41 heavy (non-hydrogen) atoms. The Morgan fingerprint density at radius 3 is 2.05 bits per heavy atom. The van der Waals surface area contributed by atoms with Crippen molar-refractivity contribution in [3.05, 3.63) is 75.3 Å². The third kappa shape index (κ3) is 7.11. The molecule has 5 atom stereocenters. The summed E-state index contributed by atoms with van der Waals surface area (Å²) in [6.07, 6.45) is 1.74. The average Bonchev–Trinajstić information content (AvgIpc) is 3.29. The van der Waals surface area contributed by atoms with Crippen molar-refractivity contribution in [2.75, 3.05) is 18.9 Å². The first-order valence-electron chi connectivity index (χ1n) is 12.0. The van der Waals surface area contributed by atoms with Gasteiger partial charge in [-0.25, -0.2) is 14.1 Å². The van der Waals surface area contributed by atoms with E-state index in [1.165, 1.54) is 54.9 Å². The molecule has 1 aliphatic carbocycles. The summed E-state index contributed by atoms with van der Waals surface area (Å²) in [5.74, 6) is -0.995. The van der Waals surface area contributed by atoms with Crippen LogP contribution < -0.4 is 20.3 Å². The molecule has 0 radical (unpaired) electrons. The molecule has 218 valence electrons. The second-order valence-electron chi connectivity index (χ2n) is 9.12. The minimum atomic E-state index is -4.60. The summed E-state index contributed by atoms with van der Waals surface area (Å²) < 4.78 is 47.6. The van der Waals surface area contributed by atoms with E-state index < -0.39 is 39.1 Å². The summed E-state index contributed by atoms with van der Waals surface area (Å²) in [5.41, 5.74) is 5.43. The van der Waals surface area contributed by atoms with E-state index in [0.29, 0.717) is 16.5 Å². The molecule has 0 aliphatic heterocycles. The Hall–Kier alpha value is -2.93. The van der Waals surface area contributed by atoms with Crippen molar-refractivity contribution >= 4 is 56.0 Å². The summed E-state index contributed by atoms with van der Waals surface area (Å²) in [5, 5.41) is 0.828. The number of imidazole rings is 1. The van der Waals surface area contributed by atoms with Crippen LogP contribution in [0.1, 0.15) is 12.5 Å². The third-order valence-corrected chi connectivity index (χ3v) is 8.74. The van der Waals surface area contributed by atoms with Crippen LogP contribution in [0, 0.1) is 11.8 Å². The van der Waals surface area contributed by atoms with E-state index in [1.807, 2.05) is 0 Å². The first kappa shape index (κ1) is 29.6. The minimum absolute atomic E-state index is 0.0497. The lowest BCUT2D eigenvalue weighted by Gasteiger charge is -2.45. The van der Waals surface area contributed by atoms with Gasteiger partial charge >= 0.3 is 15.6 Å². The van der Waals surface area contributed by atoms with Crippen LogP contribution in [0.4, 0.5) is 5.95 Å². The van der Waals surface area contributed by atoms with E-state index in [0.717, 1.165) is 0 Å². The SMILES string of the molecule is Nc1nc2c(ncn2C2CC(COP(=O)(O)Oc3ccc(Cl)cc3)C2COP(=O)(O)Oc2ccc(Cl)cc2)c(=O)[nH]1. The number of halogens is 2. The molecule has 0 saturated heterocycles. The lowest BCUT2D eigenvalue weighted by atomic mass is 9.70. The van der Waals surface area contributed by atoms with Crippen LogP contribution in [-0.4, -0.2) is 42.5 Å². The van der Waals surface area contributed by atoms with E-state index in [9.17, 15) is 23.7 Å². The first-order valence-corrected chi connectivity index (χ1v) is 15.7. The summed E-state index contributed by atoms with van der Waals surface area (Å²) in [6, 6.07) is 11.1. The fraction of sp³-hybridized carbons (Fsp3) is 0.261. The van der Waals surface area contributed by atoms with Crippen molar-refractivity contribution in [1.82, 2.24) is 19.5 Å². The van der Waals surface area contributed by atoms with Gasteiger partial charge < -0.3 is 19.3 Å². The molecule has 14 nitrogen and oxygen atoms in total. The molecule has 0 spiro atoms. The number of hydrogen-bond acceptors (Lipinski definition) is 10. The quantitative estimate of drug-likeness (QED) is 0.166. The zero-order valence-electron chi connectivity index (χ0n) is 20.9. The summed E-state index contributed by atoms with van der Waals surface area (Å²) >= 11 is 11.7. The van der Waals surface area contributed by atoms with Crippen molar-refractivity contribution in [3.8, 4) is 11.5 Å². The van der Waals surface area contributed by atoms with Crippen LogP contribution in [0.2, 0.25) is 10.0 Å². The molecule has 1 saturated carbocycles. The zero-order valence-corrected chi connectivity index (χ0v) is 24.2. The van der Waals surface area contributed by atoms with Crippen LogP contribution in [0.3, 0.4) is 0 Å². The Morgan fingerprint density at radius 1 is 0.951 bits per heavy atom. The van der Waals surface area contributed by atoms with E-state index in [-0.39, 0.29) is 41.8 Å². The molecule has 18 heteroatoms. The average molecular weight is 646 g/mol. The van der Waals surface area contributed by atoms with Crippen molar-refractivity contribution in [1.29, 1.82) is 0 Å². The predicted molar refractivity (Wildman–Crippen MR) is 149 cm³/mol. The maximum atomic E-state index is 12.7. The molecular weight excluding hydrogens is 623 g/mol. The normalized spacial score (nSPS) is 21.5. The number of aromatic amines is 1. The molecular formula is C23H23Cl2N5O9P2. The number of rotatable bonds is 11. The van der Waals surface area contributed by atoms with Crippen molar-refractivity contribution < 1.29 is 37.0 Å². The second kappa shape index (κ2) is 11.7. The Balaban J connectivity index is 1.32. The number of hydrogen-bond donors (Lipinski definition) is 4. The lowest BCUT2D eigenvalue weighted by molar-refractivity contribution is -0.00444. The van der Waals surface area contributed by atoms with E-state index in [2.05, 4.69) is 15.0 Å². The van der Waals surface area contributed by atoms with Gasteiger partial charge in [0.05, 0.1) is 19.5 Å². The largest absolute Gasteiger partial charge is 0.527 e. The predicted octanol–water partition coefficient (Wildman–Crippen LogP) is 4.58. The molecule has 5 unspecified atom stereocenters. The van der Waals surface area contributed by atoms with Crippen LogP contribution in [0.5, 0.6) is 11.5 Å². The Labute approximate surface area is 242 Å². The van der Waals surface area contributed by atoms with Crippen molar-refractivity contribution in [2.24, 2.45) is 11.8 Å². The number of nitrogens with zero attached hydrogens (tertiary/aromatic N) is 3. The maximum Gasteiger partial charge on any atom is 0.527 e. The minimum Gasteiger partial charge on any atom is -0.404 e. The standard InChI is InChI=1S/C23H23Cl2N5O9P2/c24-14-1-5-16(6-2-14)38-40(32,33)36-10-13-9-19(30-12-27-20-21(30)28-23(26)29-22(20)31)18(13)11-37-41(34,35)39-17-7-3-15(25)4-8-17/h1-8,12-13,18-19H,9-11H2,(H,32,33)(H,34,35)(H3,26,28,29,31).